The summed E-state index contributed by atoms with van der Waals surface area (Å²) in [5.74, 6) is 0.210. The largest absolute Gasteiger partial charge is 0.497 e. The van der Waals surface area contributed by atoms with Gasteiger partial charge in [-0.2, -0.15) is 0 Å². The van der Waals surface area contributed by atoms with Crippen molar-refractivity contribution < 1.29 is 17.9 Å². The molecular weight excluding hydrogens is 448 g/mol. The fraction of sp³-hybridized carbons (Fsp3) is 0.273. The molecule has 0 aliphatic carbocycles. The molecule has 8 nitrogen and oxygen atoms in total. The highest BCUT2D eigenvalue weighted by Crippen LogP contribution is 2.25. The summed E-state index contributed by atoms with van der Waals surface area (Å²) in [6, 6.07) is 11.7. The SMILES string of the molecule is COc1ccc2ccc(S(=O)(=O)CN[C@H]3CCN(Cc4cc(C(=N)N)cs4)C3=O)cc2c1. The minimum absolute atomic E-state index is 0.00265. The Morgan fingerprint density at radius 1 is 1.25 bits per heavy atom. The van der Waals surface area contributed by atoms with Crippen LogP contribution in [-0.4, -0.2) is 50.6 Å². The van der Waals surface area contributed by atoms with Crippen molar-refractivity contribution in [3.63, 3.8) is 0 Å². The van der Waals surface area contributed by atoms with Gasteiger partial charge in [-0.1, -0.05) is 12.1 Å². The summed E-state index contributed by atoms with van der Waals surface area (Å²) in [4.78, 5) is 15.6. The lowest BCUT2D eigenvalue weighted by Gasteiger charge is -2.16. The van der Waals surface area contributed by atoms with Gasteiger partial charge in [-0.05, 0) is 47.5 Å². The molecule has 4 rings (SSSR count). The number of benzene rings is 2. The van der Waals surface area contributed by atoms with Crippen molar-refractivity contribution in [3.05, 3.63) is 58.3 Å². The van der Waals surface area contributed by atoms with Crippen LogP contribution in [0.25, 0.3) is 10.8 Å². The molecule has 2 heterocycles. The molecule has 1 aliphatic rings. The zero-order valence-corrected chi connectivity index (χ0v) is 19.1. The van der Waals surface area contributed by atoms with Gasteiger partial charge in [0.25, 0.3) is 0 Å². The van der Waals surface area contributed by atoms with Gasteiger partial charge >= 0.3 is 0 Å². The van der Waals surface area contributed by atoms with E-state index in [4.69, 9.17) is 15.9 Å². The standard InChI is InChI=1S/C22H24N4O4S2/c1-30-17-4-2-14-3-5-19(10-15(14)8-17)32(28,29)13-25-20-6-7-26(22(20)27)11-18-9-16(12-31-18)21(23)24/h2-5,8-10,12,20,25H,6-7,11,13H2,1H3,(H3,23,24)/t20-/m0/s1. The maximum absolute atomic E-state index is 12.9. The number of rotatable bonds is 8. The average Bonchev–Trinajstić information content (AvgIpc) is 3.39. The highest BCUT2D eigenvalue weighted by Gasteiger charge is 2.32. The van der Waals surface area contributed by atoms with Gasteiger partial charge in [-0.15, -0.1) is 11.3 Å². The number of carbonyl (C=O) groups excluding carboxylic acids is 1. The second kappa shape index (κ2) is 8.89. The Kier molecular flexibility index (Phi) is 6.18. The van der Waals surface area contributed by atoms with Crippen molar-refractivity contribution in [2.24, 2.45) is 5.73 Å². The molecule has 1 aromatic heterocycles. The molecule has 32 heavy (non-hydrogen) atoms. The zero-order valence-electron chi connectivity index (χ0n) is 17.5. The van der Waals surface area contributed by atoms with E-state index in [0.29, 0.717) is 30.8 Å². The topological polar surface area (TPSA) is 126 Å². The van der Waals surface area contributed by atoms with Gasteiger partial charge in [0.2, 0.25) is 5.91 Å². The third-order valence-corrected chi connectivity index (χ3v) is 7.95. The van der Waals surface area contributed by atoms with E-state index in [1.54, 1.807) is 47.7 Å². The van der Waals surface area contributed by atoms with E-state index in [9.17, 15) is 13.2 Å². The summed E-state index contributed by atoms with van der Waals surface area (Å²) >= 11 is 1.45. The summed E-state index contributed by atoms with van der Waals surface area (Å²) in [5, 5.41) is 13.9. The number of amides is 1. The number of carbonyl (C=O) groups is 1. The van der Waals surface area contributed by atoms with E-state index in [0.717, 1.165) is 15.6 Å². The van der Waals surface area contributed by atoms with Crippen LogP contribution in [0.4, 0.5) is 0 Å². The minimum Gasteiger partial charge on any atom is -0.497 e. The number of likely N-dealkylation sites (tertiary alicyclic amines) is 1. The molecule has 3 aromatic rings. The number of nitrogens with two attached hydrogens (primary N) is 1. The van der Waals surface area contributed by atoms with Crippen molar-refractivity contribution in [1.29, 1.82) is 5.41 Å². The van der Waals surface area contributed by atoms with E-state index in [1.807, 2.05) is 12.1 Å². The molecule has 1 fully saturated rings. The van der Waals surface area contributed by atoms with Gasteiger partial charge in [-0.3, -0.25) is 15.5 Å². The fourth-order valence-corrected chi connectivity index (χ4v) is 5.76. The third kappa shape index (κ3) is 4.62. The summed E-state index contributed by atoms with van der Waals surface area (Å²) in [6.45, 7) is 0.966. The van der Waals surface area contributed by atoms with Crippen LogP contribution in [0.3, 0.4) is 0 Å². The number of hydrogen-bond donors (Lipinski definition) is 3. The lowest BCUT2D eigenvalue weighted by Crippen LogP contribution is -2.40. The van der Waals surface area contributed by atoms with Gasteiger partial charge < -0.3 is 15.4 Å². The molecule has 0 radical (unpaired) electrons. The fourth-order valence-electron chi connectivity index (χ4n) is 3.70. The zero-order chi connectivity index (χ0) is 22.9. The first-order valence-electron chi connectivity index (χ1n) is 10.0. The first-order chi connectivity index (χ1) is 15.3. The number of nitrogen functional groups attached to an aromatic ring is 1. The van der Waals surface area contributed by atoms with E-state index < -0.39 is 15.9 Å². The average molecular weight is 473 g/mol. The van der Waals surface area contributed by atoms with Gasteiger partial charge in [0, 0.05) is 22.4 Å². The molecule has 0 saturated carbocycles. The molecule has 0 bridgehead atoms. The predicted molar refractivity (Wildman–Crippen MR) is 125 cm³/mol. The van der Waals surface area contributed by atoms with Crippen LogP contribution in [0.15, 0.2) is 52.7 Å². The number of amidine groups is 1. The maximum atomic E-state index is 12.9. The highest BCUT2D eigenvalue weighted by molar-refractivity contribution is 7.91. The van der Waals surface area contributed by atoms with Crippen molar-refractivity contribution in [2.75, 3.05) is 19.5 Å². The molecule has 1 amide bonds. The highest BCUT2D eigenvalue weighted by atomic mass is 32.2. The Balaban J connectivity index is 1.40. The predicted octanol–water partition coefficient (Wildman–Crippen LogP) is 2.32. The number of methoxy groups -OCH3 is 1. The number of nitrogens with zero attached hydrogens (tertiary/aromatic N) is 1. The third-order valence-electron chi connectivity index (χ3n) is 5.51. The summed E-state index contributed by atoms with van der Waals surface area (Å²) in [5.41, 5.74) is 6.14. The summed E-state index contributed by atoms with van der Waals surface area (Å²) in [6.07, 6.45) is 0.536. The molecule has 168 valence electrons. The van der Waals surface area contributed by atoms with Crippen LogP contribution in [-0.2, 0) is 21.2 Å². The number of sulfone groups is 1. The Bertz CT molecular complexity index is 1290. The molecule has 4 N–H and O–H groups in total. The molecular formula is C22H24N4O4S2. The number of nitrogens with one attached hydrogen (secondary N) is 2. The van der Waals surface area contributed by atoms with Crippen LogP contribution >= 0.6 is 11.3 Å². The van der Waals surface area contributed by atoms with Crippen molar-refractivity contribution in [1.82, 2.24) is 10.2 Å². The van der Waals surface area contributed by atoms with Crippen LogP contribution in [0.1, 0.15) is 16.9 Å². The first kappa shape index (κ1) is 22.3. The smallest absolute Gasteiger partial charge is 0.240 e. The quantitative estimate of drug-likeness (QED) is 0.341. The second-order valence-electron chi connectivity index (χ2n) is 7.65. The minimum atomic E-state index is -3.62. The Hall–Kier alpha value is -2.95. The maximum Gasteiger partial charge on any atom is 0.240 e. The van der Waals surface area contributed by atoms with Crippen LogP contribution in [0.2, 0.25) is 0 Å². The molecule has 0 unspecified atom stereocenters. The van der Waals surface area contributed by atoms with Crippen LogP contribution < -0.4 is 15.8 Å². The first-order valence-corrected chi connectivity index (χ1v) is 12.5. The molecule has 10 heteroatoms. The number of ether oxygens (including phenoxy) is 1. The van der Waals surface area contributed by atoms with Crippen LogP contribution in [0.5, 0.6) is 5.75 Å². The normalized spacial score (nSPS) is 16.6. The van der Waals surface area contributed by atoms with Crippen molar-refractivity contribution in [2.45, 2.75) is 23.9 Å². The number of fused-ring (bicyclic) bond motifs is 1. The van der Waals surface area contributed by atoms with Crippen LogP contribution in [0, 0.1) is 5.41 Å². The van der Waals surface area contributed by atoms with E-state index in [1.165, 1.54) is 11.3 Å². The van der Waals surface area contributed by atoms with Gasteiger partial charge in [0.1, 0.15) is 17.5 Å². The monoisotopic (exact) mass is 472 g/mol. The van der Waals surface area contributed by atoms with Crippen molar-refractivity contribution in [3.8, 4) is 5.75 Å². The molecule has 2 aromatic carbocycles. The van der Waals surface area contributed by atoms with Gasteiger partial charge in [-0.25, -0.2) is 8.42 Å². The molecule has 1 aliphatic heterocycles. The Morgan fingerprint density at radius 2 is 2.03 bits per heavy atom. The summed E-state index contributed by atoms with van der Waals surface area (Å²) < 4.78 is 31.0. The lowest BCUT2D eigenvalue weighted by molar-refractivity contribution is -0.129. The second-order valence-corrected chi connectivity index (χ2v) is 10.6. The van der Waals surface area contributed by atoms with Crippen molar-refractivity contribution >= 4 is 43.7 Å². The van der Waals surface area contributed by atoms with Gasteiger partial charge in [0.05, 0.1) is 24.6 Å². The molecule has 1 saturated heterocycles. The number of thiophene rings is 1. The Labute approximate surface area is 190 Å². The number of hydrogen-bond acceptors (Lipinski definition) is 7. The molecule has 0 spiro atoms. The Morgan fingerprint density at radius 3 is 2.75 bits per heavy atom. The van der Waals surface area contributed by atoms with E-state index in [2.05, 4.69) is 5.32 Å². The van der Waals surface area contributed by atoms with E-state index in [-0.39, 0.29) is 22.5 Å². The summed E-state index contributed by atoms with van der Waals surface area (Å²) in [7, 11) is -2.06. The molecule has 1 atom stereocenters. The lowest BCUT2D eigenvalue weighted by atomic mass is 10.1. The van der Waals surface area contributed by atoms with E-state index >= 15 is 0 Å². The van der Waals surface area contributed by atoms with Gasteiger partial charge in [0.15, 0.2) is 9.84 Å².